The highest BCUT2D eigenvalue weighted by molar-refractivity contribution is 5.44. The Morgan fingerprint density at radius 2 is 1.15 bits per heavy atom. The summed E-state index contributed by atoms with van der Waals surface area (Å²) < 4.78 is 0. The van der Waals surface area contributed by atoms with Crippen LogP contribution in [0.25, 0.3) is 0 Å². The zero-order valence-corrected chi connectivity index (χ0v) is 12.7. The maximum atomic E-state index is 2.48. The minimum Gasteiger partial charge on any atom is -0.372 e. The Morgan fingerprint density at radius 1 is 0.700 bits per heavy atom. The first-order valence-electron chi connectivity index (χ1n) is 7.99. The van der Waals surface area contributed by atoms with Crippen molar-refractivity contribution in [1.29, 1.82) is 0 Å². The summed E-state index contributed by atoms with van der Waals surface area (Å²) in [4.78, 5) is 2.48. The van der Waals surface area contributed by atoms with E-state index in [0.717, 1.165) is 0 Å². The van der Waals surface area contributed by atoms with Crippen molar-refractivity contribution in [3.05, 3.63) is 54.6 Å². The predicted molar refractivity (Wildman–Crippen MR) is 88.6 cm³/mol. The maximum Gasteiger partial charge on any atom is 0.0366 e. The van der Waals surface area contributed by atoms with Crippen molar-refractivity contribution >= 4 is 5.69 Å². The standard InChI is InChI=1S/C19H27N/c1-20(19-16-12-8-5-9-13-17-19)18-14-10-6-3-2-4-7-11-15-18/h2-4,6-7,10-11,14-15,19H,5,8-9,12-13,16-17H2,1H3. The third-order valence-electron chi connectivity index (χ3n) is 4.23. The van der Waals surface area contributed by atoms with Crippen molar-refractivity contribution in [3.8, 4) is 0 Å². The molecule has 20 heavy (non-hydrogen) atoms. The second kappa shape index (κ2) is 8.63. The largest absolute Gasteiger partial charge is 0.372 e. The van der Waals surface area contributed by atoms with Crippen LogP contribution in [0.15, 0.2) is 54.6 Å². The van der Waals surface area contributed by atoms with Crippen LogP contribution in [0.2, 0.25) is 0 Å². The first kappa shape index (κ1) is 14.9. The lowest BCUT2D eigenvalue weighted by Crippen LogP contribution is -2.32. The first-order chi connectivity index (χ1) is 9.88. The number of hydrogen-bond donors (Lipinski definition) is 0. The molecule has 0 aromatic heterocycles. The molecular weight excluding hydrogens is 242 g/mol. The Labute approximate surface area is 124 Å². The van der Waals surface area contributed by atoms with E-state index in [1.165, 1.54) is 50.6 Å². The predicted octanol–water partition coefficient (Wildman–Crippen LogP) is 5.36. The Bertz CT molecular complexity index is 407. The Kier molecular flexibility index (Phi) is 6.43. The monoisotopic (exact) mass is 269 g/mol. The lowest BCUT2D eigenvalue weighted by atomic mass is 9.95. The summed E-state index contributed by atoms with van der Waals surface area (Å²) >= 11 is 0. The van der Waals surface area contributed by atoms with Crippen molar-refractivity contribution < 1.29 is 0 Å². The molecule has 0 spiro atoms. The van der Waals surface area contributed by atoms with Gasteiger partial charge in [-0.2, -0.15) is 0 Å². The number of hydrogen-bond acceptors (Lipinski definition) is 1. The van der Waals surface area contributed by atoms with Crippen molar-refractivity contribution in [2.45, 2.75) is 51.0 Å². The quantitative estimate of drug-likeness (QED) is 0.698. The van der Waals surface area contributed by atoms with E-state index in [-0.39, 0.29) is 0 Å². The topological polar surface area (TPSA) is 3.24 Å². The van der Waals surface area contributed by atoms with Crippen molar-refractivity contribution in [1.82, 2.24) is 0 Å². The minimum atomic E-state index is 0.696. The molecule has 1 fully saturated rings. The van der Waals surface area contributed by atoms with Gasteiger partial charge in [-0.25, -0.2) is 0 Å². The fourth-order valence-electron chi connectivity index (χ4n) is 2.95. The van der Waals surface area contributed by atoms with E-state index in [1.807, 2.05) is 0 Å². The van der Waals surface area contributed by atoms with E-state index in [4.69, 9.17) is 0 Å². The third-order valence-corrected chi connectivity index (χ3v) is 4.23. The molecule has 0 radical (unpaired) electrons. The average molecular weight is 269 g/mol. The molecule has 0 atom stereocenters. The zero-order chi connectivity index (χ0) is 14.0. The summed E-state index contributed by atoms with van der Waals surface area (Å²) in [6, 6.07) is 19.8. The van der Waals surface area contributed by atoms with Gasteiger partial charge in [-0.05, 0) is 25.0 Å². The van der Waals surface area contributed by atoms with Gasteiger partial charge in [-0.1, -0.05) is 74.6 Å². The van der Waals surface area contributed by atoms with Crippen LogP contribution in [0.5, 0.6) is 0 Å². The van der Waals surface area contributed by atoms with Gasteiger partial charge in [-0.3, -0.25) is 0 Å². The fraction of sp³-hybridized carbons (Fsp3) is 0.474. The zero-order valence-electron chi connectivity index (χ0n) is 12.7. The molecule has 1 aliphatic rings. The summed E-state index contributed by atoms with van der Waals surface area (Å²) in [5.74, 6) is 0. The van der Waals surface area contributed by atoms with Gasteiger partial charge >= 0.3 is 0 Å². The van der Waals surface area contributed by atoms with Crippen LogP contribution >= 0.6 is 0 Å². The lowest BCUT2D eigenvalue weighted by Gasteiger charge is -2.31. The highest BCUT2D eigenvalue weighted by Crippen LogP contribution is 2.24. The smallest absolute Gasteiger partial charge is 0.0366 e. The van der Waals surface area contributed by atoms with E-state index >= 15 is 0 Å². The van der Waals surface area contributed by atoms with Gasteiger partial charge in [0.15, 0.2) is 0 Å². The van der Waals surface area contributed by atoms with E-state index in [1.54, 1.807) is 0 Å². The molecule has 2 rings (SSSR count). The van der Waals surface area contributed by atoms with Gasteiger partial charge in [-0.15, -0.1) is 0 Å². The van der Waals surface area contributed by atoms with E-state index in [9.17, 15) is 0 Å². The summed E-state index contributed by atoms with van der Waals surface area (Å²) in [5.41, 5.74) is 1.31. The van der Waals surface area contributed by atoms with E-state index in [2.05, 4.69) is 66.5 Å². The summed E-state index contributed by atoms with van der Waals surface area (Å²) in [5, 5.41) is 0. The summed E-state index contributed by atoms with van der Waals surface area (Å²) in [7, 11) is 2.25. The maximum absolute atomic E-state index is 2.48. The number of rotatable bonds is 2. The van der Waals surface area contributed by atoms with Gasteiger partial charge in [0.1, 0.15) is 0 Å². The molecule has 1 saturated carbocycles. The normalized spacial score (nSPS) is 16.6. The fourth-order valence-corrected chi connectivity index (χ4v) is 2.95. The van der Waals surface area contributed by atoms with Crippen LogP contribution < -0.4 is 4.90 Å². The number of anilines is 1. The summed E-state index contributed by atoms with van der Waals surface area (Å²) in [6.45, 7) is 0. The van der Waals surface area contributed by atoms with Crippen molar-refractivity contribution in [3.63, 3.8) is 0 Å². The molecule has 0 amide bonds. The minimum absolute atomic E-state index is 0.696. The van der Waals surface area contributed by atoms with Crippen LogP contribution in [0.4, 0.5) is 5.69 Å². The molecule has 1 nitrogen and oxygen atoms in total. The Balaban J connectivity index is 2.15. The molecular formula is C19H27N. The van der Waals surface area contributed by atoms with Gasteiger partial charge < -0.3 is 4.90 Å². The van der Waals surface area contributed by atoms with Crippen molar-refractivity contribution in [2.24, 2.45) is 0 Å². The second-order valence-corrected chi connectivity index (χ2v) is 5.72. The van der Waals surface area contributed by atoms with Crippen LogP contribution in [0, 0.1) is 0 Å². The molecule has 1 heteroatoms. The molecule has 108 valence electrons. The van der Waals surface area contributed by atoms with Gasteiger partial charge in [0.2, 0.25) is 0 Å². The van der Waals surface area contributed by atoms with Crippen LogP contribution in [0.1, 0.15) is 44.9 Å². The first-order valence-corrected chi connectivity index (χ1v) is 7.99. The van der Waals surface area contributed by atoms with E-state index in [0.29, 0.717) is 6.04 Å². The number of nitrogens with zero attached hydrogens (tertiary/aromatic N) is 1. The van der Waals surface area contributed by atoms with Crippen LogP contribution in [-0.2, 0) is 0 Å². The third kappa shape index (κ3) is 4.88. The summed E-state index contributed by atoms with van der Waals surface area (Å²) in [6.07, 6.45) is 9.68. The molecule has 1 aliphatic carbocycles. The SMILES string of the molecule is CN(c1ccccccccc1)C1CCCCCCC1. The molecule has 1 aromatic rings. The highest BCUT2D eigenvalue weighted by atomic mass is 15.1. The Hall–Kier alpha value is -1.50. The second-order valence-electron chi connectivity index (χ2n) is 5.72. The molecule has 0 unspecified atom stereocenters. The molecule has 1 aromatic carbocycles. The highest BCUT2D eigenvalue weighted by Gasteiger charge is 2.15. The average Bonchev–Trinajstić information content (AvgIpc) is 2.44. The van der Waals surface area contributed by atoms with Crippen LogP contribution in [0.3, 0.4) is 0 Å². The van der Waals surface area contributed by atoms with Crippen LogP contribution in [-0.4, -0.2) is 13.1 Å². The Morgan fingerprint density at radius 3 is 1.70 bits per heavy atom. The lowest BCUT2D eigenvalue weighted by molar-refractivity contribution is 0.441. The molecule has 0 bridgehead atoms. The van der Waals surface area contributed by atoms with Crippen molar-refractivity contribution in [2.75, 3.05) is 11.9 Å². The molecule has 0 saturated heterocycles. The van der Waals surface area contributed by atoms with E-state index < -0.39 is 0 Å². The van der Waals surface area contributed by atoms with Gasteiger partial charge in [0.05, 0.1) is 0 Å². The molecule has 0 aliphatic heterocycles. The molecule has 0 heterocycles. The molecule has 0 N–H and O–H groups in total. The van der Waals surface area contributed by atoms with Gasteiger partial charge in [0, 0.05) is 18.8 Å². The van der Waals surface area contributed by atoms with Gasteiger partial charge in [0.25, 0.3) is 0 Å².